The topological polar surface area (TPSA) is 162 Å². The van der Waals surface area contributed by atoms with Crippen molar-refractivity contribution in [3.05, 3.63) is 113 Å². The first kappa shape index (κ1) is 32.2. The standard InChI is InChI=1S/C36H34F2N6O5/c1-36(21-4-2-3-20(15-21)5-8-31(46)47)12-9-22(45)11-14-44-19-29(42-43-44)33(48)32-24-10-13-39-28(24)17-27(38)34(32)49-23-6-7-26(37)25(16-23)35-40-18-30(36)41-35/h2-4,6-7,10,13,15-19,22,33,39,45,48H,5,8-9,11-12,14H2,1H3,(H,40,41)(H,46,47). The van der Waals surface area contributed by atoms with Gasteiger partial charge in [0.15, 0.2) is 11.6 Å². The Morgan fingerprint density at radius 3 is 2.80 bits per heavy atom. The first-order valence-electron chi connectivity index (χ1n) is 16.0. The second kappa shape index (κ2) is 12.9. The minimum absolute atomic E-state index is 0.0176. The highest BCUT2D eigenvalue weighted by Crippen LogP contribution is 2.42. The molecule has 0 saturated carbocycles. The van der Waals surface area contributed by atoms with E-state index in [1.54, 1.807) is 24.7 Å². The van der Waals surface area contributed by atoms with Crippen LogP contribution >= 0.6 is 0 Å². The fourth-order valence-electron chi connectivity index (χ4n) is 6.49. The number of fused-ring (bicyclic) bond motifs is 10. The number of hydrogen-bond donors (Lipinski definition) is 5. The van der Waals surface area contributed by atoms with Crippen LogP contribution in [-0.2, 0) is 23.2 Å². The lowest BCUT2D eigenvalue weighted by molar-refractivity contribution is -0.136. The van der Waals surface area contributed by atoms with E-state index in [2.05, 4.69) is 25.3 Å². The molecule has 49 heavy (non-hydrogen) atoms. The zero-order valence-electron chi connectivity index (χ0n) is 26.5. The summed E-state index contributed by atoms with van der Waals surface area (Å²) in [6, 6.07) is 14.6. The molecule has 11 nitrogen and oxygen atoms in total. The number of aromatic nitrogens is 6. The van der Waals surface area contributed by atoms with Gasteiger partial charge in [0.1, 0.15) is 29.2 Å². The number of aliphatic carboxylic acids is 1. The van der Waals surface area contributed by atoms with Gasteiger partial charge in [0.25, 0.3) is 0 Å². The van der Waals surface area contributed by atoms with Gasteiger partial charge in [-0.25, -0.2) is 13.8 Å². The average Bonchev–Trinajstić information content (AvgIpc) is 3.88. The summed E-state index contributed by atoms with van der Waals surface area (Å²) in [5.74, 6) is -2.17. The van der Waals surface area contributed by atoms with Gasteiger partial charge in [0.05, 0.1) is 17.9 Å². The van der Waals surface area contributed by atoms with E-state index in [0.717, 1.165) is 11.1 Å². The summed E-state index contributed by atoms with van der Waals surface area (Å²) in [4.78, 5) is 22.0. The van der Waals surface area contributed by atoms with E-state index in [1.807, 2.05) is 31.2 Å². The van der Waals surface area contributed by atoms with Crippen LogP contribution in [0.25, 0.3) is 22.3 Å². The normalized spacial score (nSPS) is 19.8. The molecular weight excluding hydrogens is 634 g/mol. The molecule has 4 heterocycles. The summed E-state index contributed by atoms with van der Waals surface area (Å²) in [5, 5.41) is 40.7. The SMILES string of the molecule is CC1(c2cccc(CCC(=O)O)c2)CCC(O)CCn2cc(nn2)C(O)c2c(c(F)cc3[nH]ccc23)Oc2ccc(F)c(c2)-c2ncc1[nH]2. The largest absolute Gasteiger partial charge is 0.481 e. The third-order valence-electron chi connectivity index (χ3n) is 9.36. The second-order valence-electron chi connectivity index (χ2n) is 12.6. The van der Waals surface area contributed by atoms with Crippen LogP contribution in [0.15, 0.2) is 73.2 Å². The Labute approximate surface area is 279 Å². The molecule has 7 rings (SSSR count). The lowest BCUT2D eigenvalue weighted by atomic mass is 9.75. The van der Waals surface area contributed by atoms with Crippen molar-refractivity contribution >= 4 is 16.9 Å². The van der Waals surface area contributed by atoms with Gasteiger partial charge < -0.3 is 30.0 Å². The summed E-state index contributed by atoms with van der Waals surface area (Å²) in [5.41, 5.74) is 2.42. The van der Waals surface area contributed by atoms with Gasteiger partial charge in [0.2, 0.25) is 0 Å². The molecule has 1 aliphatic heterocycles. The van der Waals surface area contributed by atoms with Gasteiger partial charge in [-0.05, 0) is 68.0 Å². The first-order valence-corrected chi connectivity index (χ1v) is 16.0. The quantitative estimate of drug-likeness (QED) is 0.149. The monoisotopic (exact) mass is 668 g/mol. The number of nitrogens with one attached hydrogen (secondary N) is 2. The van der Waals surface area contributed by atoms with Gasteiger partial charge in [0, 0.05) is 59.0 Å². The number of aromatic amines is 2. The Morgan fingerprint density at radius 2 is 1.96 bits per heavy atom. The van der Waals surface area contributed by atoms with Crippen molar-refractivity contribution in [3.8, 4) is 22.9 Å². The third kappa shape index (κ3) is 6.30. The maximum Gasteiger partial charge on any atom is 0.303 e. The van der Waals surface area contributed by atoms with Crippen molar-refractivity contribution in [1.29, 1.82) is 0 Å². The van der Waals surface area contributed by atoms with E-state index in [-0.39, 0.29) is 40.6 Å². The van der Waals surface area contributed by atoms with E-state index in [9.17, 15) is 20.1 Å². The van der Waals surface area contributed by atoms with E-state index in [0.29, 0.717) is 48.8 Å². The molecule has 1 aliphatic rings. The number of imidazole rings is 1. The van der Waals surface area contributed by atoms with Gasteiger partial charge in [-0.15, -0.1) is 5.10 Å². The fourth-order valence-corrected chi connectivity index (χ4v) is 6.49. The van der Waals surface area contributed by atoms with E-state index >= 15 is 8.78 Å². The average molecular weight is 669 g/mol. The van der Waals surface area contributed by atoms with Gasteiger partial charge in [-0.3, -0.25) is 9.48 Å². The maximum atomic E-state index is 15.7. The van der Waals surface area contributed by atoms with Crippen molar-refractivity contribution < 1.29 is 33.6 Å². The zero-order chi connectivity index (χ0) is 34.3. The number of benzene rings is 3. The van der Waals surface area contributed by atoms with Crippen LogP contribution in [0.1, 0.15) is 66.8 Å². The lowest BCUT2D eigenvalue weighted by Gasteiger charge is -2.31. The molecule has 0 saturated heterocycles. The number of aryl methyl sites for hydroxylation is 2. The van der Waals surface area contributed by atoms with Crippen molar-refractivity contribution in [2.75, 3.05) is 0 Å². The van der Waals surface area contributed by atoms with Crippen LogP contribution in [-0.4, -0.2) is 57.3 Å². The Hall–Kier alpha value is -5.40. The molecule has 0 spiro atoms. The molecule has 3 atom stereocenters. The highest BCUT2D eigenvalue weighted by atomic mass is 19.1. The number of rotatable bonds is 4. The number of H-pyrrole nitrogens is 2. The van der Waals surface area contributed by atoms with Crippen LogP contribution in [0.2, 0.25) is 0 Å². The number of ether oxygens (including phenoxy) is 1. The lowest BCUT2D eigenvalue weighted by Crippen LogP contribution is -2.27. The highest BCUT2D eigenvalue weighted by Gasteiger charge is 2.33. The van der Waals surface area contributed by atoms with Crippen molar-refractivity contribution in [2.24, 2.45) is 0 Å². The highest BCUT2D eigenvalue weighted by molar-refractivity contribution is 5.86. The van der Waals surface area contributed by atoms with E-state index < -0.39 is 35.2 Å². The minimum Gasteiger partial charge on any atom is -0.481 e. The van der Waals surface area contributed by atoms with Crippen molar-refractivity contribution in [1.82, 2.24) is 29.9 Å². The summed E-state index contributed by atoms with van der Waals surface area (Å²) in [6.45, 7) is 2.30. The zero-order valence-corrected chi connectivity index (χ0v) is 26.5. The predicted octanol–water partition coefficient (Wildman–Crippen LogP) is 6.17. The summed E-state index contributed by atoms with van der Waals surface area (Å²) in [7, 11) is 0. The van der Waals surface area contributed by atoms with Crippen LogP contribution < -0.4 is 4.74 Å². The van der Waals surface area contributed by atoms with Gasteiger partial charge >= 0.3 is 5.97 Å². The number of aliphatic hydroxyl groups excluding tert-OH is 2. The second-order valence-corrected chi connectivity index (χ2v) is 12.6. The molecule has 0 aliphatic carbocycles. The Bertz CT molecular complexity index is 2160. The minimum atomic E-state index is -1.43. The fraction of sp³-hybridized carbons (Fsp3) is 0.278. The van der Waals surface area contributed by atoms with Gasteiger partial charge in [-0.2, -0.15) is 0 Å². The number of carboxylic acids is 1. The maximum absolute atomic E-state index is 15.7. The smallest absolute Gasteiger partial charge is 0.303 e. The number of aliphatic hydroxyl groups is 2. The Kier molecular flexibility index (Phi) is 8.47. The summed E-state index contributed by atoms with van der Waals surface area (Å²) >= 11 is 0. The molecule has 252 valence electrons. The number of hydrogen-bond acceptors (Lipinski definition) is 7. The van der Waals surface area contributed by atoms with Crippen molar-refractivity contribution in [2.45, 2.75) is 63.2 Å². The van der Waals surface area contributed by atoms with Crippen LogP contribution in [0.4, 0.5) is 8.78 Å². The summed E-state index contributed by atoms with van der Waals surface area (Å²) in [6.07, 6.45) is 4.13. The molecule has 6 aromatic rings. The van der Waals surface area contributed by atoms with Gasteiger partial charge in [-0.1, -0.05) is 29.5 Å². The predicted molar refractivity (Wildman–Crippen MR) is 175 cm³/mol. The molecular formula is C36H34F2N6O5. The Balaban J connectivity index is 1.35. The summed E-state index contributed by atoms with van der Waals surface area (Å²) < 4.78 is 38.8. The van der Waals surface area contributed by atoms with E-state index in [4.69, 9.17) is 4.74 Å². The number of nitrogens with zero attached hydrogens (tertiary/aromatic N) is 4. The van der Waals surface area contributed by atoms with E-state index in [1.165, 1.54) is 28.9 Å². The molecule has 13 heteroatoms. The van der Waals surface area contributed by atoms with Crippen molar-refractivity contribution in [3.63, 3.8) is 0 Å². The van der Waals surface area contributed by atoms with Crippen LogP contribution in [0.5, 0.6) is 11.5 Å². The third-order valence-corrected chi connectivity index (χ3v) is 9.36. The molecule has 3 aromatic carbocycles. The molecule has 3 unspecified atom stereocenters. The number of carboxylic acid groups (broad SMARTS) is 1. The molecule has 0 amide bonds. The molecule has 6 bridgehead atoms. The molecule has 3 aromatic heterocycles. The first-order chi connectivity index (χ1) is 23.6. The molecule has 5 N–H and O–H groups in total. The number of halogens is 2. The van der Waals surface area contributed by atoms with Crippen LogP contribution in [0.3, 0.4) is 0 Å². The number of carbonyl (C=O) groups is 1. The molecule has 0 fully saturated rings. The Morgan fingerprint density at radius 1 is 1.10 bits per heavy atom. The van der Waals surface area contributed by atoms with Crippen LogP contribution in [0, 0.1) is 11.6 Å². The molecule has 0 radical (unpaired) electrons.